The Bertz CT molecular complexity index is 777. The van der Waals surface area contributed by atoms with Gasteiger partial charge in [-0.1, -0.05) is 30.6 Å². The number of carbonyl (C=O) groups is 1. The molecule has 3 heterocycles. The van der Waals surface area contributed by atoms with Crippen LogP contribution in [0.2, 0.25) is 0 Å². The first kappa shape index (κ1) is 18.4. The van der Waals surface area contributed by atoms with Gasteiger partial charge in [0.05, 0.1) is 25.5 Å². The summed E-state index contributed by atoms with van der Waals surface area (Å²) in [5.41, 5.74) is 0.771. The van der Waals surface area contributed by atoms with Crippen molar-refractivity contribution in [3.05, 3.63) is 22.7 Å². The average molecular weight is 391 g/mol. The van der Waals surface area contributed by atoms with Crippen LogP contribution in [-0.2, 0) is 11.3 Å². The number of ether oxygens (including phenoxy) is 1. The lowest BCUT2D eigenvalue weighted by atomic mass is 9.95. The molecule has 0 unspecified atom stereocenters. The fourth-order valence-corrected chi connectivity index (χ4v) is 4.81. The number of hydrogen-bond acceptors (Lipinski definition) is 7. The van der Waals surface area contributed by atoms with Crippen LogP contribution in [-0.4, -0.2) is 52.0 Å². The number of rotatable bonds is 5. The maximum Gasteiger partial charge on any atom is 0.263 e. The quantitative estimate of drug-likeness (QED) is 0.843. The van der Waals surface area contributed by atoms with Gasteiger partial charge in [-0.05, 0) is 19.8 Å². The summed E-state index contributed by atoms with van der Waals surface area (Å²) in [6.45, 7) is 5.32. The van der Waals surface area contributed by atoms with Crippen LogP contribution in [0.25, 0.3) is 0 Å². The number of morpholine rings is 1. The van der Waals surface area contributed by atoms with E-state index in [1.54, 1.807) is 6.33 Å². The largest absolute Gasteiger partial charge is 0.378 e. The highest BCUT2D eigenvalue weighted by molar-refractivity contribution is 7.17. The molecule has 4 rings (SSSR count). The van der Waals surface area contributed by atoms with Gasteiger partial charge in [0.1, 0.15) is 11.2 Å². The van der Waals surface area contributed by atoms with Crippen molar-refractivity contribution >= 4 is 22.4 Å². The highest BCUT2D eigenvalue weighted by Crippen LogP contribution is 2.29. The summed E-state index contributed by atoms with van der Waals surface area (Å²) in [5, 5.41) is 12.2. The zero-order valence-corrected chi connectivity index (χ0v) is 16.5. The summed E-state index contributed by atoms with van der Waals surface area (Å²) in [4.78, 5) is 20.1. The summed E-state index contributed by atoms with van der Waals surface area (Å²) < 4.78 is 7.52. The van der Waals surface area contributed by atoms with E-state index in [4.69, 9.17) is 4.74 Å². The molecule has 0 bridgehead atoms. The molecule has 1 aliphatic heterocycles. The number of thiazole rings is 1. The zero-order valence-electron chi connectivity index (χ0n) is 15.7. The van der Waals surface area contributed by atoms with Crippen LogP contribution in [0.5, 0.6) is 0 Å². The number of aromatic nitrogens is 4. The molecule has 0 radical (unpaired) electrons. The first-order chi connectivity index (χ1) is 13.2. The molecule has 1 saturated carbocycles. The van der Waals surface area contributed by atoms with E-state index in [1.807, 2.05) is 6.92 Å². The van der Waals surface area contributed by atoms with E-state index in [9.17, 15) is 4.79 Å². The normalized spacial score (nSPS) is 18.6. The first-order valence-corrected chi connectivity index (χ1v) is 10.5. The molecular weight excluding hydrogens is 364 g/mol. The van der Waals surface area contributed by atoms with Gasteiger partial charge >= 0.3 is 0 Å². The third-order valence-electron chi connectivity index (χ3n) is 5.30. The number of nitrogens with zero attached hydrogens (tertiary/aromatic N) is 5. The molecule has 27 heavy (non-hydrogen) atoms. The summed E-state index contributed by atoms with van der Waals surface area (Å²) in [7, 11) is 0. The number of anilines is 1. The topological polar surface area (TPSA) is 85.2 Å². The van der Waals surface area contributed by atoms with Crippen molar-refractivity contribution in [1.82, 2.24) is 25.1 Å². The van der Waals surface area contributed by atoms with Crippen molar-refractivity contribution < 1.29 is 9.53 Å². The lowest BCUT2D eigenvalue weighted by Gasteiger charge is -2.26. The van der Waals surface area contributed by atoms with Gasteiger partial charge in [-0.3, -0.25) is 4.79 Å². The molecule has 146 valence electrons. The molecule has 1 N–H and O–H groups in total. The predicted molar refractivity (Wildman–Crippen MR) is 103 cm³/mol. The maximum absolute atomic E-state index is 12.7. The van der Waals surface area contributed by atoms with Crippen LogP contribution in [0.1, 0.15) is 59.3 Å². The van der Waals surface area contributed by atoms with Crippen LogP contribution in [0.3, 0.4) is 0 Å². The van der Waals surface area contributed by atoms with E-state index in [-0.39, 0.29) is 5.91 Å². The molecule has 0 atom stereocenters. The predicted octanol–water partition coefficient (Wildman–Crippen LogP) is 2.31. The number of aryl methyl sites for hydroxylation is 1. The minimum Gasteiger partial charge on any atom is -0.378 e. The summed E-state index contributed by atoms with van der Waals surface area (Å²) >= 11 is 1.45. The second-order valence-electron chi connectivity index (χ2n) is 7.14. The molecule has 2 aliphatic rings. The Morgan fingerprint density at radius 2 is 2.07 bits per heavy atom. The SMILES string of the molecule is Cc1nc(N2CCOCC2)sc1C(=O)NCc1nncn1C1CCCCC1. The maximum atomic E-state index is 12.7. The first-order valence-electron chi connectivity index (χ1n) is 9.69. The highest BCUT2D eigenvalue weighted by Gasteiger charge is 2.22. The summed E-state index contributed by atoms with van der Waals surface area (Å²) in [5.74, 6) is 0.730. The zero-order chi connectivity index (χ0) is 18.6. The van der Waals surface area contributed by atoms with E-state index in [1.165, 1.54) is 30.6 Å². The Hall–Kier alpha value is -2.00. The second-order valence-corrected chi connectivity index (χ2v) is 8.12. The minimum absolute atomic E-state index is 0.0947. The third-order valence-corrected chi connectivity index (χ3v) is 6.51. The number of nitrogens with one attached hydrogen (secondary N) is 1. The Kier molecular flexibility index (Phi) is 5.68. The van der Waals surface area contributed by atoms with Crippen molar-refractivity contribution in [2.75, 3.05) is 31.2 Å². The van der Waals surface area contributed by atoms with Crippen molar-refractivity contribution in [3.8, 4) is 0 Å². The minimum atomic E-state index is -0.0947. The van der Waals surface area contributed by atoms with Crippen LogP contribution in [0, 0.1) is 6.92 Å². The molecule has 1 amide bonds. The van der Waals surface area contributed by atoms with Gasteiger partial charge in [0, 0.05) is 19.1 Å². The molecule has 9 heteroatoms. The van der Waals surface area contributed by atoms with Crippen LogP contribution in [0.4, 0.5) is 5.13 Å². The Morgan fingerprint density at radius 3 is 2.85 bits per heavy atom. The molecule has 1 aliphatic carbocycles. The van der Waals surface area contributed by atoms with Gasteiger partial charge in [-0.15, -0.1) is 10.2 Å². The summed E-state index contributed by atoms with van der Waals surface area (Å²) in [6.07, 6.45) is 7.93. The van der Waals surface area contributed by atoms with E-state index in [0.29, 0.717) is 30.7 Å². The van der Waals surface area contributed by atoms with E-state index < -0.39 is 0 Å². The van der Waals surface area contributed by atoms with Gasteiger partial charge in [0.25, 0.3) is 5.91 Å². The molecule has 0 aromatic carbocycles. The van der Waals surface area contributed by atoms with Crippen LogP contribution >= 0.6 is 11.3 Å². The average Bonchev–Trinajstić information content (AvgIpc) is 3.34. The monoisotopic (exact) mass is 390 g/mol. The summed E-state index contributed by atoms with van der Waals surface area (Å²) in [6, 6.07) is 0.457. The molecule has 2 fully saturated rings. The number of hydrogen-bond donors (Lipinski definition) is 1. The van der Waals surface area contributed by atoms with Crippen molar-refractivity contribution in [2.45, 2.75) is 51.6 Å². The van der Waals surface area contributed by atoms with Crippen LogP contribution in [0.15, 0.2) is 6.33 Å². The van der Waals surface area contributed by atoms with Gasteiger partial charge < -0.3 is 19.5 Å². The van der Waals surface area contributed by atoms with Crippen molar-refractivity contribution in [2.24, 2.45) is 0 Å². The molecule has 8 nitrogen and oxygen atoms in total. The van der Waals surface area contributed by atoms with Gasteiger partial charge in [0.2, 0.25) is 0 Å². The fraction of sp³-hybridized carbons (Fsp3) is 0.667. The standard InChI is InChI=1S/C18H26N6O2S/c1-13-16(27-18(21-13)23-7-9-26-10-8-23)17(25)19-11-15-22-20-12-24(15)14-5-3-2-4-6-14/h12,14H,2-11H2,1H3,(H,19,25). The van der Waals surface area contributed by atoms with Gasteiger partial charge in [-0.2, -0.15) is 0 Å². The molecule has 1 saturated heterocycles. The van der Waals surface area contributed by atoms with Crippen molar-refractivity contribution in [1.29, 1.82) is 0 Å². The fourth-order valence-electron chi connectivity index (χ4n) is 3.78. The smallest absolute Gasteiger partial charge is 0.263 e. The number of carbonyl (C=O) groups excluding carboxylic acids is 1. The van der Waals surface area contributed by atoms with Crippen molar-refractivity contribution in [3.63, 3.8) is 0 Å². The lowest BCUT2D eigenvalue weighted by Crippen LogP contribution is -2.36. The molecule has 0 spiro atoms. The number of amides is 1. The van der Waals surface area contributed by atoms with Gasteiger partial charge in [-0.25, -0.2) is 4.98 Å². The highest BCUT2D eigenvalue weighted by atomic mass is 32.1. The molecular formula is C18H26N6O2S. The van der Waals surface area contributed by atoms with E-state index in [0.717, 1.165) is 42.6 Å². The lowest BCUT2D eigenvalue weighted by molar-refractivity contribution is 0.0952. The Labute approximate surface area is 162 Å². The van der Waals surface area contributed by atoms with E-state index in [2.05, 4.69) is 30.0 Å². The Morgan fingerprint density at radius 1 is 1.30 bits per heavy atom. The second kappa shape index (κ2) is 8.35. The molecule has 2 aromatic rings. The van der Waals surface area contributed by atoms with Crippen LogP contribution < -0.4 is 10.2 Å². The molecule has 2 aromatic heterocycles. The Balaban J connectivity index is 1.40. The third kappa shape index (κ3) is 4.14. The van der Waals surface area contributed by atoms with Gasteiger partial charge in [0.15, 0.2) is 11.0 Å². The van der Waals surface area contributed by atoms with E-state index >= 15 is 0 Å².